The monoisotopic (exact) mass is 199 g/mol. The topological polar surface area (TPSA) is 21.3 Å². The Morgan fingerprint density at radius 3 is 2.71 bits per heavy atom. The predicted molar refractivity (Wildman–Crippen MR) is 60.5 cm³/mol. The zero-order chi connectivity index (χ0) is 10.4. The fourth-order valence-electron chi connectivity index (χ4n) is 2.41. The maximum Gasteiger partial charge on any atom is 0.0497 e. The number of hydrogen-bond acceptors (Lipinski definition) is 2. The van der Waals surface area contributed by atoms with Crippen LogP contribution in [0.4, 0.5) is 0 Å². The van der Waals surface area contributed by atoms with Crippen LogP contribution in [0.5, 0.6) is 0 Å². The van der Waals surface area contributed by atoms with Crippen LogP contribution in [0, 0.1) is 11.8 Å². The summed E-state index contributed by atoms with van der Waals surface area (Å²) in [6.45, 7) is 9.71. The van der Waals surface area contributed by atoms with E-state index in [9.17, 15) is 0 Å². The van der Waals surface area contributed by atoms with Gasteiger partial charge in [-0.2, -0.15) is 0 Å². The minimum Gasteiger partial charge on any atom is -0.381 e. The first-order chi connectivity index (χ1) is 6.79. The zero-order valence-corrected chi connectivity index (χ0v) is 9.88. The van der Waals surface area contributed by atoms with E-state index in [0.29, 0.717) is 0 Å². The third-order valence-electron chi connectivity index (χ3n) is 3.37. The highest BCUT2D eigenvalue weighted by molar-refractivity contribution is 4.86. The summed E-state index contributed by atoms with van der Waals surface area (Å²) in [6, 6.07) is 0.732. The molecule has 1 N–H and O–H groups in total. The van der Waals surface area contributed by atoms with Crippen molar-refractivity contribution in [2.75, 3.05) is 19.8 Å². The van der Waals surface area contributed by atoms with E-state index in [1.807, 2.05) is 0 Å². The third kappa shape index (κ3) is 3.25. The molecular formula is C12H25NO. The lowest BCUT2D eigenvalue weighted by molar-refractivity contribution is 0.0865. The Morgan fingerprint density at radius 2 is 2.07 bits per heavy atom. The minimum absolute atomic E-state index is 0.732. The Kier molecular flexibility index (Phi) is 5.49. The van der Waals surface area contributed by atoms with E-state index in [1.54, 1.807) is 0 Å². The summed E-state index contributed by atoms with van der Waals surface area (Å²) in [5, 5.41) is 3.56. The fourth-order valence-corrected chi connectivity index (χ4v) is 2.41. The molecule has 0 saturated heterocycles. The molecule has 0 aromatic carbocycles. The van der Waals surface area contributed by atoms with Crippen LogP contribution in [0.2, 0.25) is 0 Å². The molecule has 1 aliphatic carbocycles. The summed E-state index contributed by atoms with van der Waals surface area (Å²) >= 11 is 0. The molecule has 3 atom stereocenters. The van der Waals surface area contributed by atoms with Gasteiger partial charge in [-0.15, -0.1) is 0 Å². The van der Waals surface area contributed by atoms with E-state index < -0.39 is 0 Å². The van der Waals surface area contributed by atoms with Gasteiger partial charge in [0.15, 0.2) is 0 Å². The summed E-state index contributed by atoms with van der Waals surface area (Å²) in [5.41, 5.74) is 0. The van der Waals surface area contributed by atoms with E-state index in [4.69, 9.17) is 4.74 Å². The summed E-state index contributed by atoms with van der Waals surface area (Å²) in [4.78, 5) is 0. The minimum atomic E-state index is 0.732. The molecule has 1 aliphatic rings. The Hall–Kier alpha value is -0.0800. The molecule has 2 nitrogen and oxygen atoms in total. The molecule has 84 valence electrons. The van der Waals surface area contributed by atoms with Gasteiger partial charge in [0, 0.05) is 19.3 Å². The molecule has 0 radical (unpaired) electrons. The first kappa shape index (κ1) is 12.0. The molecule has 0 aliphatic heterocycles. The Bertz CT molecular complexity index is 149. The fraction of sp³-hybridized carbons (Fsp3) is 1.00. The molecular weight excluding hydrogens is 174 g/mol. The molecule has 0 amide bonds. The Balaban J connectivity index is 2.21. The maximum atomic E-state index is 5.64. The molecule has 14 heavy (non-hydrogen) atoms. The van der Waals surface area contributed by atoms with Gasteiger partial charge in [-0.05, 0) is 37.6 Å². The maximum absolute atomic E-state index is 5.64. The van der Waals surface area contributed by atoms with Crippen LogP contribution in [-0.4, -0.2) is 25.8 Å². The lowest BCUT2D eigenvalue weighted by Crippen LogP contribution is -2.33. The van der Waals surface area contributed by atoms with Crippen LogP contribution < -0.4 is 5.32 Å². The van der Waals surface area contributed by atoms with Crippen molar-refractivity contribution < 1.29 is 4.74 Å². The van der Waals surface area contributed by atoms with Crippen LogP contribution in [0.1, 0.15) is 40.0 Å². The Morgan fingerprint density at radius 1 is 1.29 bits per heavy atom. The predicted octanol–water partition coefficient (Wildman–Crippen LogP) is 2.44. The molecule has 3 unspecified atom stereocenters. The largest absolute Gasteiger partial charge is 0.381 e. The van der Waals surface area contributed by atoms with Gasteiger partial charge in [-0.3, -0.25) is 0 Å². The van der Waals surface area contributed by atoms with Crippen LogP contribution in [0.25, 0.3) is 0 Å². The van der Waals surface area contributed by atoms with Crippen molar-refractivity contribution in [2.45, 2.75) is 46.1 Å². The summed E-state index contributed by atoms with van der Waals surface area (Å²) in [6.07, 6.45) is 3.80. The van der Waals surface area contributed by atoms with E-state index in [0.717, 1.165) is 44.1 Å². The van der Waals surface area contributed by atoms with Gasteiger partial charge >= 0.3 is 0 Å². The number of ether oxygens (including phenoxy) is 1. The van der Waals surface area contributed by atoms with Crippen LogP contribution >= 0.6 is 0 Å². The van der Waals surface area contributed by atoms with Crippen molar-refractivity contribution in [3.63, 3.8) is 0 Å². The lowest BCUT2D eigenvalue weighted by Gasteiger charge is -2.21. The second kappa shape index (κ2) is 6.41. The average molecular weight is 199 g/mol. The van der Waals surface area contributed by atoms with Crippen molar-refractivity contribution in [3.8, 4) is 0 Å². The van der Waals surface area contributed by atoms with Crippen molar-refractivity contribution in [1.29, 1.82) is 0 Å². The number of rotatable bonds is 6. The highest BCUT2D eigenvalue weighted by Gasteiger charge is 2.31. The van der Waals surface area contributed by atoms with Gasteiger partial charge in [0.25, 0.3) is 0 Å². The van der Waals surface area contributed by atoms with Crippen LogP contribution in [0.3, 0.4) is 0 Å². The molecule has 0 aromatic heterocycles. The number of nitrogens with one attached hydrogen (secondary N) is 1. The second-order valence-corrected chi connectivity index (χ2v) is 4.44. The van der Waals surface area contributed by atoms with Crippen molar-refractivity contribution in [1.82, 2.24) is 5.32 Å². The quantitative estimate of drug-likeness (QED) is 0.663. The zero-order valence-electron chi connectivity index (χ0n) is 9.88. The van der Waals surface area contributed by atoms with E-state index in [-0.39, 0.29) is 0 Å². The smallest absolute Gasteiger partial charge is 0.0497 e. The highest BCUT2D eigenvalue weighted by Crippen LogP contribution is 2.31. The van der Waals surface area contributed by atoms with E-state index in [2.05, 4.69) is 26.1 Å². The SMILES string of the molecule is CCCOCC1CCC(NCC)C1C. The van der Waals surface area contributed by atoms with E-state index >= 15 is 0 Å². The lowest BCUT2D eigenvalue weighted by atomic mass is 9.96. The van der Waals surface area contributed by atoms with Crippen LogP contribution in [-0.2, 0) is 4.74 Å². The molecule has 2 heteroatoms. The Labute approximate surface area is 88.4 Å². The van der Waals surface area contributed by atoms with Gasteiger partial charge in [-0.1, -0.05) is 20.8 Å². The van der Waals surface area contributed by atoms with E-state index in [1.165, 1.54) is 12.8 Å². The average Bonchev–Trinajstić information content (AvgIpc) is 2.51. The van der Waals surface area contributed by atoms with Gasteiger partial charge in [-0.25, -0.2) is 0 Å². The second-order valence-electron chi connectivity index (χ2n) is 4.44. The van der Waals surface area contributed by atoms with Gasteiger partial charge in [0.1, 0.15) is 0 Å². The van der Waals surface area contributed by atoms with Gasteiger partial charge in [0.05, 0.1) is 0 Å². The standard InChI is InChI=1S/C12H25NO/c1-4-8-14-9-11-6-7-12(10(11)3)13-5-2/h10-13H,4-9H2,1-3H3. The van der Waals surface area contributed by atoms with Crippen LogP contribution in [0.15, 0.2) is 0 Å². The number of hydrogen-bond donors (Lipinski definition) is 1. The highest BCUT2D eigenvalue weighted by atomic mass is 16.5. The molecule has 0 heterocycles. The van der Waals surface area contributed by atoms with Gasteiger partial charge < -0.3 is 10.1 Å². The van der Waals surface area contributed by atoms with Crippen molar-refractivity contribution in [2.24, 2.45) is 11.8 Å². The molecule has 1 saturated carbocycles. The first-order valence-corrected chi connectivity index (χ1v) is 6.10. The molecule has 0 aromatic rings. The van der Waals surface area contributed by atoms with Crippen molar-refractivity contribution in [3.05, 3.63) is 0 Å². The van der Waals surface area contributed by atoms with Crippen molar-refractivity contribution >= 4 is 0 Å². The third-order valence-corrected chi connectivity index (χ3v) is 3.37. The molecule has 0 bridgehead atoms. The molecule has 1 rings (SSSR count). The molecule has 1 fully saturated rings. The summed E-state index contributed by atoms with van der Waals surface area (Å²) in [7, 11) is 0. The summed E-state index contributed by atoms with van der Waals surface area (Å²) < 4.78 is 5.64. The first-order valence-electron chi connectivity index (χ1n) is 6.10. The van der Waals surface area contributed by atoms with Gasteiger partial charge in [0.2, 0.25) is 0 Å². The normalized spacial score (nSPS) is 32.4. The molecule has 0 spiro atoms. The summed E-state index contributed by atoms with van der Waals surface area (Å²) in [5.74, 6) is 1.57.